The number of carbonyl (C=O) groups is 1. The van der Waals surface area contributed by atoms with Gasteiger partial charge in [0.05, 0.1) is 12.0 Å². The van der Waals surface area contributed by atoms with Gasteiger partial charge >= 0.3 is 11.8 Å². The molecule has 0 radical (unpaired) electrons. The lowest BCUT2D eigenvalue weighted by molar-refractivity contribution is -0.160. The molecule has 0 spiro atoms. The van der Waals surface area contributed by atoms with Gasteiger partial charge in [-0.3, -0.25) is 4.79 Å². The minimum absolute atomic E-state index is 0.173. The lowest BCUT2D eigenvalue weighted by Gasteiger charge is -2.24. The zero-order chi connectivity index (χ0) is 21.6. The maximum Gasteiger partial charge on any atom is 0.519 e. The number of benzene rings is 2. The minimum Gasteiger partial charge on any atom is -0.457 e. The summed E-state index contributed by atoms with van der Waals surface area (Å²) in [6, 6.07) is 18.5. The Hall–Kier alpha value is -3.12. The molecule has 6 nitrogen and oxygen atoms in total. The monoisotopic (exact) mass is 410 g/mol. The highest BCUT2D eigenvalue weighted by atomic mass is 16.6. The van der Waals surface area contributed by atoms with E-state index in [9.17, 15) is 14.7 Å². The van der Waals surface area contributed by atoms with E-state index < -0.39 is 17.2 Å². The van der Waals surface area contributed by atoms with Gasteiger partial charge in [0.15, 0.2) is 18.1 Å². The van der Waals surface area contributed by atoms with Crippen molar-refractivity contribution in [2.45, 2.75) is 39.7 Å². The molecule has 0 aliphatic carbocycles. The van der Waals surface area contributed by atoms with Gasteiger partial charge < -0.3 is 18.7 Å². The number of hydrogen-bond acceptors (Lipinski definition) is 6. The molecule has 0 saturated heterocycles. The first-order valence-corrected chi connectivity index (χ1v) is 9.93. The molecule has 30 heavy (non-hydrogen) atoms. The molecule has 1 unspecified atom stereocenters. The van der Waals surface area contributed by atoms with Gasteiger partial charge in [0.1, 0.15) is 0 Å². The topological polar surface area (TPSA) is 89.9 Å². The number of esters is 1. The fourth-order valence-electron chi connectivity index (χ4n) is 3.23. The first kappa shape index (κ1) is 21.6. The van der Waals surface area contributed by atoms with Gasteiger partial charge in [0.25, 0.3) is 0 Å². The molecule has 2 aromatic carbocycles. The van der Waals surface area contributed by atoms with Crippen LogP contribution in [0.15, 0.2) is 68.2 Å². The Morgan fingerprint density at radius 3 is 2.30 bits per heavy atom. The number of rotatable bonds is 9. The average Bonchev–Trinajstić information content (AvgIpc) is 3.09. The number of aliphatic hydroxyl groups excluding tert-OH is 1. The van der Waals surface area contributed by atoms with E-state index in [1.54, 1.807) is 13.8 Å². The Bertz CT molecular complexity index is 1020. The summed E-state index contributed by atoms with van der Waals surface area (Å²) in [6.07, 6.45) is 1.97. The molecule has 1 heterocycles. The lowest BCUT2D eigenvalue weighted by atomic mass is 9.85. The second-order valence-electron chi connectivity index (χ2n) is 7.64. The summed E-state index contributed by atoms with van der Waals surface area (Å²) >= 11 is 0. The third-order valence-corrected chi connectivity index (χ3v) is 5.27. The maximum atomic E-state index is 12.5. The third kappa shape index (κ3) is 5.27. The van der Waals surface area contributed by atoms with Gasteiger partial charge in [-0.15, -0.1) is 0 Å². The molecule has 3 rings (SSSR count). The average molecular weight is 410 g/mol. The van der Waals surface area contributed by atoms with E-state index in [1.165, 1.54) is 11.1 Å². The van der Waals surface area contributed by atoms with E-state index in [2.05, 4.69) is 36.4 Å². The van der Waals surface area contributed by atoms with Crippen LogP contribution in [0.4, 0.5) is 0 Å². The smallest absolute Gasteiger partial charge is 0.457 e. The summed E-state index contributed by atoms with van der Waals surface area (Å²) in [7, 11) is 0. The van der Waals surface area contributed by atoms with E-state index >= 15 is 0 Å². The normalized spacial score (nSPS) is 13.0. The highest BCUT2D eigenvalue weighted by Crippen LogP contribution is 2.27. The predicted molar refractivity (Wildman–Crippen MR) is 112 cm³/mol. The number of ether oxygens (including phenoxy) is 1. The summed E-state index contributed by atoms with van der Waals surface area (Å²) < 4.78 is 14.8. The fourth-order valence-corrected chi connectivity index (χ4v) is 3.23. The highest BCUT2D eigenvalue weighted by Gasteiger charge is 2.34. The number of aryl methyl sites for hydroxylation is 2. The first-order valence-electron chi connectivity index (χ1n) is 9.93. The van der Waals surface area contributed by atoms with Crippen molar-refractivity contribution >= 4 is 5.97 Å². The lowest BCUT2D eigenvalue weighted by Crippen LogP contribution is -2.33. The molecule has 0 saturated carbocycles. The molecule has 0 bridgehead atoms. The highest BCUT2D eigenvalue weighted by molar-refractivity contribution is 5.76. The van der Waals surface area contributed by atoms with E-state index in [0.29, 0.717) is 6.42 Å². The van der Waals surface area contributed by atoms with Gasteiger partial charge in [0.2, 0.25) is 0 Å². The van der Waals surface area contributed by atoms with Gasteiger partial charge in [-0.2, -0.15) is 0 Å². The van der Waals surface area contributed by atoms with Crippen LogP contribution in [0.2, 0.25) is 0 Å². The van der Waals surface area contributed by atoms with Crippen LogP contribution in [0.3, 0.4) is 0 Å². The fraction of sp³-hybridized carbons (Fsp3) is 0.333. The number of hydrogen-bond donors (Lipinski definition) is 1. The molecule has 0 fully saturated rings. The molecule has 3 aromatic rings. The van der Waals surface area contributed by atoms with Crippen LogP contribution in [0.25, 0.3) is 11.1 Å². The van der Waals surface area contributed by atoms with Crippen LogP contribution in [-0.4, -0.2) is 17.7 Å². The van der Waals surface area contributed by atoms with Crippen molar-refractivity contribution in [3.63, 3.8) is 0 Å². The van der Waals surface area contributed by atoms with Gasteiger partial charge in [-0.1, -0.05) is 54.6 Å². The maximum absolute atomic E-state index is 12.5. The van der Waals surface area contributed by atoms with Crippen molar-refractivity contribution in [1.82, 2.24) is 0 Å². The van der Waals surface area contributed by atoms with Crippen LogP contribution in [-0.2, 0) is 22.6 Å². The first-order chi connectivity index (χ1) is 14.4. The SMILES string of the molecule is Cc1oc(=O)oc1COC(=O)C(C)(CO)CCCc1ccc(-c2ccccc2)cc1. The minimum atomic E-state index is -1.03. The van der Waals surface area contributed by atoms with Crippen LogP contribution >= 0.6 is 0 Å². The second kappa shape index (κ2) is 9.59. The van der Waals surface area contributed by atoms with Crippen LogP contribution in [0.1, 0.15) is 36.8 Å². The van der Waals surface area contributed by atoms with Crippen molar-refractivity contribution in [2.75, 3.05) is 6.61 Å². The Labute approximate surface area is 175 Å². The zero-order valence-corrected chi connectivity index (χ0v) is 17.2. The molecular weight excluding hydrogens is 384 g/mol. The standard InChI is InChI=1S/C24H26O6/c1-17-21(30-23(27)29-17)15-28-22(26)24(2,16-25)14-6-7-18-10-12-20(13-11-18)19-8-4-3-5-9-19/h3-5,8-13,25H,6-7,14-16H2,1-2H3. The third-order valence-electron chi connectivity index (χ3n) is 5.27. The molecular formula is C24H26O6. The number of carbonyl (C=O) groups excluding carboxylic acids is 1. The molecule has 1 N–H and O–H groups in total. The van der Waals surface area contributed by atoms with Crippen molar-refractivity contribution in [2.24, 2.45) is 5.41 Å². The molecule has 0 aliphatic heterocycles. The van der Waals surface area contributed by atoms with Crippen LogP contribution in [0, 0.1) is 12.3 Å². The van der Waals surface area contributed by atoms with E-state index in [1.807, 2.05) is 18.2 Å². The molecule has 0 amide bonds. The Morgan fingerprint density at radius 1 is 1.03 bits per heavy atom. The van der Waals surface area contributed by atoms with E-state index in [0.717, 1.165) is 18.4 Å². The molecule has 6 heteroatoms. The van der Waals surface area contributed by atoms with Crippen LogP contribution in [0.5, 0.6) is 0 Å². The largest absolute Gasteiger partial charge is 0.519 e. The summed E-state index contributed by atoms with van der Waals surface area (Å²) in [6.45, 7) is 2.70. The van der Waals surface area contributed by atoms with Crippen molar-refractivity contribution in [3.05, 3.63) is 82.3 Å². The number of aliphatic hydroxyl groups is 1. The molecule has 1 atom stereocenters. The van der Waals surface area contributed by atoms with E-state index in [4.69, 9.17) is 13.6 Å². The Balaban J connectivity index is 1.53. The Morgan fingerprint density at radius 2 is 1.70 bits per heavy atom. The van der Waals surface area contributed by atoms with E-state index in [-0.39, 0.29) is 24.7 Å². The summed E-state index contributed by atoms with van der Waals surface area (Å²) in [5.41, 5.74) is 2.47. The van der Waals surface area contributed by atoms with Gasteiger partial charge in [-0.25, -0.2) is 4.79 Å². The quantitative estimate of drug-likeness (QED) is 0.530. The van der Waals surface area contributed by atoms with Crippen molar-refractivity contribution in [1.29, 1.82) is 0 Å². The molecule has 0 aliphatic rings. The Kier molecular flexibility index (Phi) is 6.90. The molecule has 158 valence electrons. The molecule has 1 aromatic heterocycles. The van der Waals surface area contributed by atoms with Gasteiger partial charge in [0, 0.05) is 0 Å². The van der Waals surface area contributed by atoms with Gasteiger partial charge in [-0.05, 0) is 49.8 Å². The predicted octanol–water partition coefficient (Wildman–Crippen LogP) is 4.27. The van der Waals surface area contributed by atoms with Crippen molar-refractivity contribution in [3.8, 4) is 11.1 Å². The van der Waals surface area contributed by atoms with Crippen molar-refractivity contribution < 1.29 is 23.5 Å². The summed E-state index contributed by atoms with van der Waals surface area (Å²) in [4.78, 5) is 23.6. The van der Waals surface area contributed by atoms with Crippen LogP contribution < -0.4 is 5.82 Å². The zero-order valence-electron chi connectivity index (χ0n) is 17.2. The second-order valence-corrected chi connectivity index (χ2v) is 7.64. The summed E-state index contributed by atoms with van der Waals surface area (Å²) in [5, 5.41) is 9.78. The summed E-state index contributed by atoms with van der Waals surface area (Å²) in [5.74, 6) is -0.918.